The molecule has 0 spiro atoms. The average molecular weight is 434 g/mol. The van der Waals surface area contributed by atoms with Crippen LogP contribution in [0, 0.1) is 0 Å². The van der Waals surface area contributed by atoms with Crippen LogP contribution in [0.15, 0.2) is 12.1 Å². The molecule has 0 aliphatic rings. The molecular weight excluding hydrogens is 408 g/mol. The summed E-state index contributed by atoms with van der Waals surface area (Å²) in [6, 6.07) is 2.50. The number of carbonyl (C=O) groups is 2. The minimum absolute atomic E-state index is 0.112. The third kappa shape index (κ3) is 10.0. The molecule has 1 rings (SSSR count). The second-order valence-electron chi connectivity index (χ2n) is 5.63. The van der Waals surface area contributed by atoms with Crippen LogP contribution in [-0.2, 0) is 41.3 Å². The molecule has 12 heteroatoms. The van der Waals surface area contributed by atoms with Gasteiger partial charge in [-0.3, -0.25) is 0 Å². The molecule has 4 N–H and O–H groups in total. The van der Waals surface area contributed by atoms with E-state index in [1.807, 2.05) is 0 Å². The van der Waals surface area contributed by atoms with Crippen molar-refractivity contribution < 1.29 is 58.4 Å². The van der Waals surface area contributed by atoms with Gasteiger partial charge >= 0.3 is 11.9 Å². The number of rotatable bonds is 18. The van der Waals surface area contributed by atoms with Gasteiger partial charge in [0.2, 0.25) is 0 Å². The fraction of sp³-hybridized carbons (Fsp3) is 0.556. The number of hydrogen-bond acceptors (Lipinski definition) is 10. The van der Waals surface area contributed by atoms with E-state index in [1.165, 1.54) is 6.07 Å². The van der Waals surface area contributed by atoms with Crippen LogP contribution in [0.1, 0.15) is 31.8 Å². The highest BCUT2D eigenvalue weighted by molar-refractivity contribution is 5.95. The van der Waals surface area contributed by atoms with Crippen molar-refractivity contribution in [1.29, 1.82) is 0 Å². The minimum atomic E-state index is -1.26. The van der Waals surface area contributed by atoms with Gasteiger partial charge in [0.15, 0.2) is 13.6 Å². The van der Waals surface area contributed by atoms with E-state index >= 15 is 0 Å². The Hall–Kier alpha value is -2.16. The van der Waals surface area contributed by atoms with Crippen LogP contribution >= 0.6 is 0 Å². The zero-order valence-corrected chi connectivity index (χ0v) is 16.3. The topological polar surface area (TPSA) is 170 Å². The lowest BCUT2D eigenvalue weighted by Crippen LogP contribution is -2.15. The molecule has 0 aromatic heterocycles. The van der Waals surface area contributed by atoms with Crippen LogP contribution < -0.4 is 0 Å². The van der Waals surface area contributed by atoms with E-state index in [1.54, 1.807) is 0 Å². The summed E-state index contributed by atoms with van der Waals surface area (Å²) in [4.78, 5) is 23.0. The molecular formula is C18H26O12. The maximum absolute atomic E-state index is 11.6. The van der Waals surface area contributed by atoms with Gasteiger partial charge < -0.3 is 48.8 Å². The lowest BCUT2D eigenvalue weighted by molar-refractivity contribution is -0.157. The van der Waals surface area contributed by atoms with Gasteiger partial charge in [-0.1, -0.05) is 0 Å². The highest BCUT2D eigenvalue weighted by Gasteiger charge is 2.18. The zero-order chi connectivity index (χ0) is 22.2. The predicted molar refractivity (Wildman–Crippen MR) is 97.7 cm³/mol. The molecule has 0 aliphatic carbocycles. The van der Waals surface area contributed by atoms with E-state index in [0.717, 1.165) is 6.07 Å². The molecule has 0 aliphatic heterocycles. The fourth-order valence-electron chi connectivity index (χ4n) is 2.42. The molecule has 0 bridgehead atoms. The molecule has 0 unspecified atom stereocenters. The maximum atomic E-state index is 11.6. The van der Waals surface area contributed by atoms with E-state index in [0.29, 0.717) is 11.1 Å². The number of hydrogen-bond donors (Lipinski definition) is 4. The van der Waals surface area contributed by atoms with Gasteiger partial charge in [-0.15, -0.1) is 0 Å². The summed E-state index contributed by atoms with van der Waals surface area (Å²) >= 11 is 0. The number of aliphatic hydroxyl groups excluding tert-OH is 2. The average Bonchev–Trinajstić information content (AvgIpc) is 2.72. The van der Waals surface area contributed by atoms with Crippen molar-refractivity contribution in [3.8, 4) is 0 Å². The second kappa shape index (κ2) is 15.6. The standard InChI is InChI=1S/C18H26O12/c19-7-27-11-29-9-25-3-1-13-5-14(17(21)22)6-16(18(23)24)15(13)2-4-26-10-30-12-28-8-20/h5-6,19-20H,1-4,7-12H2,(H,21,22)(H,23,24). The summed E-state index contributed by atoms with van der Waals surface area (Å²) in [6.45, 7) is -1.26. The van der Waals surface area contributed by atoms with E-state index in [-0.39, 0.29) is 64.4 Å². The summed E-state index contributed by atoms with van der Waals surface area (Å²) in [6.07, 6.45) is 0.434. The van der Waals surface area contributed by atoms with Crippen LogP contribution in [0.3, 0.4) is 0 Å². The van der Waals surface area contributed by atoms with E-state index in [9.17, 15) is 19.8 Å². The summed E-state index contributed by atoms with van der Waals surface area (Å²) in [7, 11) is 0. The number of benzene rings is 1. The summed E-state index contributed by atoms with van der Waals surface area (Å²) < 4.78 is 29.5. The van der Waals surface area contributed by atoms with Crippen molar-refractivity contribution in [2.24, 2.45) is 0 Å². The van der Waals surface area contributed by atoms with Gasteiger partial charge in [-0.05, 0) is 36.1 Å². The minimum Gasteiger partial charge on any atom is -0.478 e. The third-order valence-corrected chi connectivity index (χ3v) is 3.68. The van der Waals surface area contributed by atoms with Crippen molar-refractivity contribution in [2.45, 2.75) is 12.8 Å². The smallest absolute Gasteiger partial charge is 0.335 e. The quantitative estimate of drug-likeness (QED) is 0.180. The number of ether oxygens (including phenoxy) is 6. The molecule has 170 valence electrons. The number of carboxylic acids is 2. The highest BCUT2D eigenvalue weighted by Crippen LogP contribution is 2.20. The molecule has 0 atom stereocenters. The molecule has 0 fully saturated rings. The largest absolute Gasteiger partial charge is 0.478 e. The Labute approximate surface area is 172 Å². The van der Waals surface area contributed by atoms with Crippen LogP contribution in [0.4, 0.5) is 0 Å². The summed E-state index contributed by atoms with van der Waals surface area (Å²) in [5.74, 6) is -2.50. The van der Waals surface area contributed by atoms with Gasteiger partial charge in [0.1, 0.15) is 27.2 Å². The first-order chi connectivity index (χ1) is 14.5. The van der Waals surface area contributed by atoms with Crippen molar-refractivity contribution in [1.82, 2.24) is 0 Å². The SMILES string of the molecule is O=C(O)c1cc(CCOCOCOCO)c(CCOCOCOCO)c(C(=O)O)c1. The highest BCUT2D eigenvalue weighted by atomic mass is 16.8. The monoisotopic (exact) mass is 434 g/mol. The van der Waals surface area contributed by atoms with Crippen molar-refractivity contribution in [3.05, 3.63) is 34.4 Å². The van der Waals surface area contributed by atoms with Crippen LogP contribution in [0.2, 0.25) is 0 Å². The van der Waals surface area contributed by atoms with Crippen LogP contribution in [0.5, 0.6) is 0 Å². The van der Waals surface area contributed by atoms with E-state index in [4.69, 9.17) is 29.2 Å². The van der Waals surface area contributed by atoms with Gasteiger partial charge in [0, 0.05) is 0 Å². The summed E-state index contributed by atoms with van der Waals surface area (Å²) in [5.41, 5.74) is 0.633. The summed E-state index contributed by atoms with van der Waals surface area (Å²) in [5, 5.41) is 35.7. The van der Waals surface area contributed by atoms with Gasteiger partial charge in [0.05, 0.1) is 24.3 Å². The number of aromatic carboxylic acids is 2. The molecule has 0 saturated carbocycles. The maximum Gasteiger partial charge on any atom is 0.335 e. The lowest BCUT2D eigenvalue weighted by Gasteiger charge is -2.15. The van der Waals surface area contributed by atoms with Crippen LogP contribution in [0.25, 0.3) is 0 Å². The van der Waals surface area contributed by atoms with Crippen LogP contribution in [-0.4, -0.2) is 86.3 Å². The Morgan fingerprint density at radius 1 is 0.700 bits per heavy atom. The third-order valence-electron chi connectivity index (χ3n) is 3.68. The Morgan fingerprint density at radius 2 is 1.23 bits per heavy atom. The molecule has 1 aromatic carbocycles. The number of carboxylic acid groups (broad SMARTS) is 2. The van der Waals surface area contributed by atoms with Gasteiger partial charge in [-0.2, -0.15) is 0 Å². The normalized spacial score (nSPS) is 11.0. The predicted octanol–water partition coefficient (Wildman–Crippen LogP) is -0.00280. The first-order valence-electron chi connectivity index (χ1n) is 8.81. The van der Waals surface area contributed by atoms with E-state index < -0.39 is 25.5 Å². The van der Waals surface area contributed by atoms with Crippen molar-refractivity contribution in [2.75, 3.05) is 54.0 Å². The fourth-order valence-corrected chi connectivity index (χ4v) is 2.42. The Morgan fingerprint density at radius 3 is 1.73 bits per heavy atom. The molecule has 30 heavy (non-hydrogen) atoms. The molecule has 1 aromatic rings. The van der Waals surface area contributed by atoms with Gasteiger partial charge in [-0.25, -0.2) is 9.59 Å². The first kappa shape index (κ1) is 25.9. The molecule has 12 nitrogen and oxygen atoms in total. The Kier molecular flexibility index (Phi) is 13.5. The number of aliphatic hydroxyl groups is 2. The lowest BCUT2D eigenvalue weighted by atomic mass is 9.93. The first-order valence-corrected chi connectivity index (χ1v) is 8.81. The zero-order valence-electron chi connectivity index (χ0n) is 16.3. The van der Waals surface area contributed by atoms with Crippen molar-refractivity contribution >= 4 is 11.9 Å². The molecule has 0 saturated heterocycles. The second-order valence-corrected chi connectivity index (χ2v) is 5.63. The Balaban J connectivity index is 2.75. The van der Waals surface area contributed by atoms with Crippen molar-refractivity contribution in [3.63, 3.8) is 0 Å². The molecule has 0 amide bonds. The molecule has 0 heterocycles. The van der Waals surface area contributed by atoms with Gasteiger partial charge in [0.25, 0.3) is 0 Å². The molecule has 0 radical (unpaired) electrons. The Bertz CT molecular complexity index is 648. The van der Waals surface area contributed by atoms with E-state index in [2.05, 4.69) is 9.47 Å².